The number of carbonyl (C=O) groups is 1. The van der Waals surface area contributed by atoms with Crippen LogP contribution in [-0.2, 0) is 9.53 Å². The van der Waals surface area contributed by atoms with E-state index in [2.05, 4.69) is 13.8 Å². The standard InChI is InChI=1S/C11H19Cl3O2/c1-3-5-6-9(4-2)8-16-10(15)7-11(12,13)14/h9H,3-8H2,1-2H3. The maximum absolute atomic E-state index is 11.3. The second kappa shape index (κ2) is 8.43. The molecular formula is C11H19Cl3O2. The van der Waals surface area contributed by atoms with E-state index in [1.165, 1.54) is 0 Å². The quantitative estimate of drug-likeness (QED) is 0.509. The van der Waals surface area contributed by atoms with Gasteiger partial charge in [0.25, 0.3) is 0 Å². The predicted octanol–water partition coefficient (Wildman–Crippen LogP) is 4.51. The van der Waals surface area contributed by atoms with Crippen LogP contribution in [0.15, 0.2) is 0 Å². The molecule has 0 aromatic carbocycles. The summed E-state index contributed by atoms with van der Waals surface area (Å²) in [4.78, 5) is 11.3. The summed E-state index contributed by atoms with van der Waals surface area (Å²) in [6.07, 6.45) is 4.19. The van der Waals surface area contributed by atoms with Gasteiger partial charge in [0.15, 0.2) is 0 Å². The molecule has 0 aliphatic heterocycles. The van der Waals surface area contributed by atoms with Gasteiger partial charge in [0.2, 0.25) is 3.79 Å². The van der Waals surface area contributed by atoms with Crippen molar-refractivity contribution in [2.24, 2.45) is 5.92 Å². The molecule has 0 amide bonds. The molecule has 1 atom stereocenters. The third-order valence-electron chi connectivity index (χ3n) is 2.37. The first-order valence-electron chi connectivity index (χ1n) is 5.61. The van der Waals surface area contributed by atoms with Crippen LogP contribution in [0.4, 0.5) is 0 Å². The molecule has 0 saturated heterocycles. The summed E-state index contributed by atoms with van der Waals surface area (Å²) in [6, 6.07) is 0. The van der Waals surface area contributed by atoms with Gasteiger partial charge in [0, 0.05) is 0 Å². The van der Waals surface area contributed by atoms with Gasteiger partial charge in [-0.15, -0.1) is 0 Å². The molecule has 0 radical (unpaired) electrons. The number of unbranched alkanes of at least 4 members (excludes halogenated alkanes) is 1. The van der Waals surface area contributed by atoms with E-state index in [0.717, 1.165) is 25.7 Å². The lowest BCUT2D eigenvalue weighted by molar-refractivity contribution is -0.145. The number of halogens is 3. The molecule has 0 saturated carbocycles. The Kier molecular flexibility index (Phi) is 8.61. The monoisotopic (exact) mass is 288 g/mol. The molecule has 0 spiro atoms. The van der Waals surface area contributed by atoms with E-state index in [4.69, 9.17) is 39.5 Å². The highest BCUT2D eigenvalue weighted by atomic mass is 35.6. The highest BCUT2D eigenvalue weighted by molar-refractivity contribution is 6.68. The molecule has 0 aliphatic rings. The molecule has 0 fully saturated rings. The van der Waals surface area contributed by atoms with Crippen molar-refractivity contribution < 1.29 is 9.53 Å². The average Bonchev–Trinajstić information content (AvgIpc) is 2.15. The third-order valence-corrected chi connectivity index (χ3v) is 2.77. The summed E-state index contributed by atoms with van der Waals surface area (Å²) in [6.45, 7) is 4.65. The van der Waals surface area contributed by atoms with E-state index in [-0.39, 0.29) is 6.42 Å². The van der Waals surface area contributed by atoms with Crippen LogP contribution in [0.5, 0.6) is 0 Å². The topological polar surface area (TPSA) is 26.3 Å². The predicted molar refractivity (Wildman–Crippen MR) is 69.2 cm³/mol. The number of rotatable bonds is 7. The molecule has 0 aromatic rings. The van der Waals surface area contributed by atoms with Gasteiger partial charge in [-0.2, -0.15) is 0 Å². The van der Waals surface area contributed by atoms with Crippen LogP contribution in [-0.4, -0.2) is 16.4 Å². The zero-order valence-corrected chi connectivity index (χ0v) is 12.0. The van der Waals surface area contributed by atoms with Gasteiger partial charge >= 0.3 is 5.97 Å². The molecule has 0 bridgehead atoms. The summed E-state index contributed by atoms with van der Waals surface area (Å²) in [5.74, 6) is -0.0331. The number of esters is 1. The maximum Gasteiger partial charge on any atom is 0.310 e. The maximum atomic E-state index is 11.3. The number of hydrogen-bond acceptors (Lipinski definition) is 2. The van der Waals surface area contributed by atoms with Crippen molar-refractivity contribution in [2.45, 2.75) is 49.7 Å². The minimum atomic E-state index is -1.55. The molecule has 0 aliphatic carbocycles. The van der Waals surface area contributed by atoms with Gasteiger partial charge < -0.3 is 4.74 Å². The molecule has 1 unspecified atom stereocenters. The Balaban J connectivity index is 3.79. The summed E-state index contributed by atoms with van der Waals surface area (Å²) < 4.78 is 3.52. The summed E-state index contributed by atoms with van der Waals surface area (Å²) in [5, 5.41) is 0. The lowest BCUT2D eigenvalue weighted by atomic mass is 10.0. The van der Waals surface area contributed by atoms with Crippen LogP contribution in [0.2, 0.25) is 0 Å². The first kappa shape index (κ1) is 16.3. The van der Waals surface area contributed by atoms with Crippen molar-refractivity contribution in [1.82, 2.24) is 0 Å². The van der Waals surface area contributed by atoms with Crippen LogP contribution >= 0.6 is 34.8 Å². The van der Waals surface area contributed by atoms with E-state index in [9.17, 15) is 4.79 Å². The van der Waals surface area contributed by atoms with E-state index in [0.29, 0.717) is 12.5 Å². The molecule has 0 heterocycles. The fraction of sp³-hybridized carbons (Fsp3) is 0.909. The van der Waals surface area contributed by atoms with E-state index in [1.54, 1.807) is 0 Å². The first-order valence-corrected chi connectivity index (χ1v) is 6.74. The number of carbonyl (C=O) groups excluding carboxylic acids is 1. The fourth-order valence-electron chi connectivity index (χ4n) is 1.32. The molecule has 5 heteroatoms. The highest BCUT2D eigenvalue weighted by Gasteiger charge is 2.25. The van der Waals surface area contributed by atoms with Gasteiger partial charge in [-0.1, -0.05) is 67.9 Å². The minimum absolute atomic E-state index is 0.193. The van der Waals surface area contributed by atoms with Crippen molar-refractivity contribution in [3.63, 3.8) is 0 Å². The second-order valence-corrected chi connectivity index (χ2v) is 6.41. The second-order valence-electron chi connectivity index (χ2n) is 3.89. The lowest BCUT2D eigenvalue weighted by Crippen LogP contribution is -2.18. The molecular weight excluding hydrogens is 270 g/mol. The Bertz CT molecular complexity index is 202. The van der Waals surface area contributed by atoms with E-state index >= 15 is 0 Å². The smallest absolute Gasteiger partial charge is 0.310 e. The number of ether oxygens (including phenoxy) is 1. The van der Waals surface area contributed by atoms with Gasteiger partial charge in [-0.25, -0.2) is 0 Å². The SMILES string of the molecule is CCCCC(CC)COC(=O)CC(Cl)(Cl)Cl. The Morgan fingerprint density at radius 1 is 1.31 bits per heavy atom. The van der Waals surface area contributed by atoms with Crippen molar-refractivity contribution in [3.05, 3.63) is 0 Å². The zero-order chi connectivity index (χ0) is 12.6. The average molecular weight is 290 g/mol. The summed E-state index contributed by atoms with van der Waals surface area (Å²) in [5.41, 5.74) is 0. The Morgan fingerprint density at radius 2 is 1.94 bits per heavy atom. The Morgan fingerprint density at radius 3 is 2.38 bits per heavy atom. The minimum Gasteiger partial charge on any atom is -0.465 e. The van der Waals surface area contributed by atoms with Crippen LogP contribution in [0.1, 0.15) is 46.0 Å². The normalized spacial score (nSPS) is 13.6. The van der Waals surface area contributed by atoms with Crippen LogP contribution in [0.3, 0.4) is 0 Å². The van der Waals surface area contributed by atoms with Crippen molar-refractivity contribution >= 4 is 40.8 Å². The molecule has 0 aromatic heterocycles. The largest absolute Gasteiger partial charge is 0.465 e. The van der Waals surface area contributed by atoms with Gasteiger partial charge in [0.1, 0.15) is 0 Å². The number of hydrogen-bond donors (Lipinski definition) is 0. The third kappa shape index (κ3) is 9.56. The first-order chi connectivity index (χ1) is 7.39. The summed E-state index contributed by atoms with van der Waals surface area (Å²) in [7, 11) is 0. The zero-order valence-electron chi connectivity index (χ0n) is 9.77. The molecule has 0 N–H and O–H groups in total. The van der Waals surface area contributed by atoms with Gasteiger partial charge in [0.05, 0.1) is 13.0 Å². The van der Waals surface area contributed by atoms with Crippen LogP contribution in [0, 0.1) is 5.92 Å². The fourth-order valence-corrected chi connectivity index (χ4v) is 1.65. The van der Waals surface area contributed by atoms with E-state index < -0.39 is 9.76 Å². The van der Waals surface area contributed by atoms with Gasteiger partial charge in [-0.3, -0.25) is 4.79 Å². The van der Waals surface area contributed by atoms with Gasteiger partial charge in [-0.05, 0) is 12.3 Å². The lowest BCUT2D eigenvalue weighted by Gasteiger charge is -2.16. The highest BCUT2D eigenvalue weighted by Crippen LogP contribution is 2.30. The van der Waals surface area contributed by atoms with Crippen molar-refractivity contribution in [3.8, 4) is 0 Å². The molecule has 16 heavy (non-hydrogen) atoms. The molecule has 96 valence electrons. The molecule has 0 rings (SSSR count). The Labute approximate surface area is 113 Å². The number of alkyl halides is 3. The Hall–Kier alpha value is 0.340. The van der Waals surface area contributed by atoms with E-state index in [1.807, 2.05) is 0 Å². The van der Waals surface area contributed by atoms with Crippen LogP contribution < -0.4 is 0 Å². The van der Waals surface area contributed by atoms with Crippen LogP contribution in [0.25, 0.3) is 0 Å². The van der Waals surface area contributed by atoms with Crippen molar-refractivity contribution in [2.75, 3.05) is 6.61 Å². The van der Waals surface area contributed by atoms with Crippen molar-refractivity contribution in [1.29, 1.82) is 0 Å². The summed E-state index contributed by atoms with van der Waals surface area (Å²) >= 11 is 16.5. The molecule has 2 nitrogen and oxygen atoms in total.